The number of halogens is 1. The van der Waals surface area contributed by atoms with Crippen LogP contribution < -0.4 is 10.6 Å². The van der Waals surface area contributed by atoms with Gasteiger partial charge < -0.3 is 10.6 Å². The molecular formula is C14H15ClN4O. The molecule has 2 aromatic rings. The fraction of sp³-hybridized carbons (Fsp3) is 0.214. The SMILES string of the molecule is CNc1cc(C(=O)NCCc2ccccn2)c(Cl)cn1. The molecule has 2 aromatic heterocycles. The first-order chi connectivity index (χ1) is 9.70. The molecule has 0 aromatic carbocycles. The summed E-state index contributed by atoms with van der Waals surface area (Å²) in [5.41, 5.74) is 1.34. The molecule has 1 amide bonds. The summed E-state index contributed by atoms with van der Waals surface area (Å²) in [4.78, 5) is 20.3. The normalized spacial score (nSPS) is 10.1. The highest BCUT2D eigenvalue weighted by Gasteiger charge is 2.11. The fourth-order valence-electron chi connectivity index (χ4n) is 1.69. The Morgan fingerprint density at radius 3 is 2.90 bits per heavy atom. The lowest BCUT2D eigenvalue weighted by molar-refractivity contribution is 0.0954. The molecule has 0 saturated carbocycles. The zero-order chi connectivity index (χ0) is 14.4. The van der Waals surface area contributed by atoms with Crippen LogP contribution in [0.2, 0.25) is 5.02 Å². The third-order valence-corrected chi connectivity index (χ3v) is 3.05. The van der Waals surface area contributed by atoms with Crippen LogP contribution >= 0.6 is 11.6 Å². The lowest BCUT2D eigenvalue weighted by atomic mass is 10.2. The molecule has 0 fully saturated rings. The first kappa shape index (κ1) is 14.3. The largest absolute Gasteiger partial charge is 0.373 e. The maximum atomic E-state index is 12.1. The molecule has 0 aliphatic carbocycles. The van der Waals surface area contributed by atoms with Crippen molar-refractivity contribution >= 4 is 23.3 Å². The number of carbonyl (C=O) groups excluding carboxylic acids is 1. The highest BCUT2D eigenvalue weighted by molar-refractivity contribution is 6.33. The number of pyridine rings is 2. The first-order valence-electron chi connectivity index (χ1n) is 6.22. The van der Waals surface area contributed by atoms with Crippen molar-refractivity contribution in [2.75, 3.05) is 18.9 Å². The van der Waals surface area contributed by atoms with Crippen molar-refractivity contribution in [2.45, 2.75) is 6.42 Å². The van der Waals surface area contributed by atoms with Gasteiger partial charge in [0.2, 0.25) is 0 Å². The Hall–Kier alpha value is -2.14. The van der Waals surface area contributed by atoms with Crippen LogP contribution in [-0.4, -0.2) is 29.5 Å². The van der Waals surface area contributed by atoms with Crippen molar-refractivity contribution in [1.29, 1.82) is 0 Å². The van der Waals surface area contributed by atoms with Gasteiger partial charge >= 0.3 is 0 Å². The van der Waals surface area contributed by atoms with Crippen LogP contribution in [0.15, 0.2) is 36.7 Å². The Bertz CT molecular complexity index is 589. The second-order valence-corrected chi connectivity index (χ2v) is 4.53. The third-order valence-electron chi connectivity index (χ3n) is 2.75. The number of carbonyl (C=O) groups is 1. The molecule has 0 spiro atoms. The average Bonchev–Trinajstić information content (AvgIpc) is 2.48. The fourth-order valence-corrected chi connectivity index (χ4v) is 1.88. The van der Waals surface area contributed by atoms with E-state index in [1.807, 2.05) is 18.2 Å². The summed E-state index contributed by atoms with van der Waals surface area (Å²) in [7, 11) is 1.74. The summed E-state index contributed by atoms with van der Waals surface area (Å²) in [6.45, 7) is 0.503. The van der Waals surface area contributed by atoms with Gasteiger partial charge in [0.15, 0.2) is 0 Å². The molecule has 5 nitrogen and oxygen atoms in total. The van der Waals surface area contributed by atoms with Crippen LogP contribution in [0.4, 0.5) is 5.82 Å². The molecule has 0 aliphatic heterocycles. The molecule has 0 radical (unpaired) electrons. The van der Waals surface area contributed by atoms with Gasteiger partial charge in [-0.3, -0.25) is 9.78 Å². The molecular weight excluding hydrogens is 276 g/mol. The molecule has 6 heteroatoms. The lowest BCUT2D eigenvalue weighted by Crippen LogP contribution is -2.26. The van der Waals surface area contributed by atoms with Crippen molar-refractivity contribution in [2.24, 2.45) is 0 Å². The van der Waals surface area contributed by atoms with E-state index in [0.717, 1.165) is 5.69 Å². The molecule has 20 heavy (non-hydrogen) atoms. The number of hydrogen-bond acceptors (Lipinski definition) is 4. The van der Waals surface area contributed by atoms with E-state index in [1.54, 1.807) is 19.3 Å². The Morgan fingerprint density at radius 1 is 1.35 bits per heavy atom. The van der Waals surface area contributed by atoms with Gasteiger partial charge in [-0.2, -0.15) is 0 Å². The van der Waals surface area contributed by atoms with Crippen molar-refractivity contribution in [3.63, 3.8) is 0 Å². The van der Waals surface area contributed by atoms with Gasteiger partial charge in [-0.15, -0.1) is 0 Å². The molecule has 2 N–H and O–H groups in total. The van der Waals surface area contributed by atoms with Gasteiger partial charge in [0.1, 0.15) is 5.82 Å². The predicted molar refractivity (Wildman–Crippen MR) is 79.1 cm³/mol. The summed E-state index contributed by atoms with van der Waals surface area (Å²) in [5, 5.41) is 6.02. The van der Waals surface area contributed by atoms with E-state index in [2.05, 4.69) is 20.6 Å². The van der Waals surface area contributed by atoms with Crippen LogP contribution in [0.1, 0.15) is 16.1 Å². The third kappa shape index (κ3) is 3.68. The Morgan fingerprint density at radius 2 is 2.20 bits per heavy atom. The van der Waals surface area contributed by atoms with Gasteiger partial charge in [0, 0.05) is 38.1 Å². The molecule has 2 heterocycles. The molecule has 0 atom stereocenters. The number of nitrogens with one attached hydrogen (secondary N) is 2. The smallest absolute Gasteiger partial charge is 0.253 e. The van der Waals surface area contributed by atoms with Gasteiger partial charge in [0.25, 0.3) is 5.91 Å². The Kier molecular flexibility index (Phi) is 4.90. The van der Waals surface area contributed by atoms with Crippen LogP contribution in [0.3, 0.4) is 0 Å². The van der Waals surface area contributed by atoms with Crippen molar-refractivity contribution in [3.8, 4) is 0 Å². The van der Waals surface area contributed by atoms with E-state index in [0.29, 0.717) is 29.4 Å². The summed E-state index contributed by atoms with van der Waals surface area (Å²) in [5.74, 6) is 0.383. The van der Waals surface area contributed by atoms with Crippen LogP contribution in [0.5, 0.6) is 0 Å². The summed E-state index contributed by atoms with van der Waals surface area (Å²) < 4.78 is 0. The number of nitrogens with zero attached hydrogens (tertiary/aromatic N) is 2. The van der Waals surface area contributed by atoms with Crippen LogP contribution in [-0.2, 0) is 6.42 Å². The summed E-state index contributed by atoms with van der Waals surface area (Å²) in [6, 6.07) is 7.32. The molecule has 104 valence electrons. The monoisotopic (exact) mass is 290 g/mol. The molecule has 0 bridgehead atoms. The quantitative estimate of drug-likeness (QED) is 0.885. The number of hydrogen-bond donors (Lipinski definition) is 2. The van der Waals surface area contributed by atoms with Crippen molar-refractivity contribution in [3.05, 3.63) is 52.9 Å². The summed E-state index contributed by atoms with van der Waals surface area (Å²) in [6.07, 6.45) is 3.87. The molecule has 0 unspecified atom stereocenters. The zero-order valence-electron chi connectivity index (χ0n) is 11.1. The van der Waals surface area contributed by atoms with Gasteiger partial charge in [-0.1, -0.05) is 17.7 Å². The zero-order valence-corrected chi connectivity index (χ0v) is 11.8. The summed E-state index contributed by atoms with van der Waals surface area (Å²) >= 11 is 5.98. The highest BCUT2D eigenvalue weighted by atomic mass is 35.5. The van der Waals surface area contributed by atoms with E-state index in [-0.39, 0.29) is 5.91 Å². The average molecular weight is 291 g/mol. The second kappa shape index (κ2) is 6.86. The van der Waals surface area contributed by atoms with E-state index < -0.39 is 0 Å². The topological polar surface area (TPSA) is 66.9 Å². The Labute approximate surface area is 122 Å². The van der Waals surface area contributed by atoms with E-state index in [1.165, 1.54) is 6.20 Å². The minimum absolute atomic E-state index is 0.218. The van der Waals surface area contributed by atoms with Crippen LogP contribution in [0, 0.1) is 0 Å². The van der Waals surface area contributed by atoms with Gasteiger partial charge in [-0.05, 0) is 18.2 Å². The van der Waals surface area contributed by atoms with Gasteiger partial charge in [-0.25, -0.2) is 4.98 Å². The number of anilines is 1. The number of amides is 1. The number of aromatic nitrogens is 2. The lowest BCUT2D eigenvalue weighted by Gasteiger charge is -2.08. The van der Waals surface area contributed by atoms with Crippen LogP contribution in [0.25, 0.3) is 0 Å². The first-order valence-corrected chi connectivity index (χ1v) is 6.60. The highest BCUT2D eigenvalue weighted by Crippen LogP contribution is 2.17. The maximum Gasteiger partial charge on any atom is 0.253 e. The van der Waals surface area contributed by atoms with E-state index in [9.17, 15) is 4.79 Å². The van der Waals surface area contributed by atoms with Crippen molar-refractivity contribution < 1.29 is 4.79 Å². The molecule has 2 rings (SSSR count). The Balaban J connectivity index is 1.95. The molecule has 0 aliphatic rings. The molecule has 0 saturated heterocycles. The minimum Gasteiger partial charge on any atom is -0.373 e. The minimum atomic E-state index is -0.218. The standard InChI is InChI=1S/C14H15ClN4O/c1-16-13-8-11(12(15)9-19-13)14(20)18-7-5-10-4-2-3-6-17-10/h2-4,6,8-9H,5,7H2,1H3,(H,16,19)(H,18,20). The second-order valence-electron chi connectivity index (χ2n) is 4.13. The van der Waals surface area contributed by atoms with E-state index in [4.69, 9.17) is 11.6 Å². The maximum absolute atomic E-state index is 12.1. The van der Waals surface area contributed by atoms with E-state index >= 15 is 0 Å². The predicted octanol–water partition coefficient (Wildman–Crippen LogP) is 2.14. The van der Waals surface area contributed by atoms with Crippen molar-refractivity contribution in [1.82, 2.24) is 15.3 Å². The van der Waals surface area contributed by atoms with Gasteiger partial charge in [0.05, 0.1) is 10.6 Å². The number of rotatable bonds is 5.